The van der Waals surface area contributed by atoms with Crippen molar-refractivity contribution in [3.05, 3.63) is 34.6 Å². The van der Waals surface area contributed by atoms with Gasteiger partial charge in [-0.3, -0.25) is 0 Å². The van der Waals surface area contributed by atoms with Crippen molar-refractivity contribution in [2.24, 2.45) is 11.8 Å². The summed E-state index contributed by atoms with van der Waals surface area (Å²) in [5.74, 6) is 0.825. The predicted molar refractivity (Wildman–Crippen MR) is 76.6 cm³/mol. The van der Waals surface area contributed by atoms with Gasteiger partial charge in [0.2, 0.25) is 0 Å². The molecule has 1 aromatic carbocycles. The predicted octanol–water partition coefficient (Wildman–Crippen LogP) is 4.29. The fraction of sp³-hybridized carbons (Fsp3) is 0.600. The molecule has 0 bridgehead atoms. The number of nitrogens with one attached hydrogen (secondary N) is 1. The van der Waals surface area contributed by atoms with Crippen LogP contribution in [0.1, 0.15) is 32.8 Å². The Morgan fingerprint density at radius 3 is 2.67 bits per heavy atom. The molecule has 0 spiro atoms. The van der Waals surface area contributed by atoms with E-state index >= 15 is 0 Å². The number of halogens is 2. The minimum absolute atomic E-state index is 0.280. The molecule has 1 aromatic rings. The lowest BCUT2D eigenvalue weighted by atomic mass is 9.91. The Morgan fingerprint density at radius 1 is 1.33 bits per heavy atom. The number of rotatable bonds is 7. The van der Waals surface area contributed by atoms with Gasteiger partial charge in [-0.15, -0.1) is 0 Å². The van der Waals surface area contributed by atoms with Crippen LogP contribution in [0.25, 0.3) is 0 Å². The van der Waals surface area contributed by atoms with E-state index in [1.807, 2.05) is 6.07 Å². The van der Waals surface area contributed by atoms with Crippen LogP contribution in [0, 0.1) is 17.7 Å². The lowest BCUT2D eigenvalue weighted by Gasteiger charge is -2.20. The SMILES string of the molecule is CCNCC(Cc1cccc(F)c1Cl)CC(C)C. The fourth-order valence-electron chi connectivity index (χ4n) is 2.27. The number of hydrogen-bond donors (Lipinski definition) is 1. The highest BCUT2D eigenvalue weighted by Crippen LogP contribution is 2.24. The van der Waals surface area contributed by atoms with Crippen LogP contribution < -0.4 is 5.32 Å². The van der Waals surface area contributed by atoms with Gasteiger partial charge in [-0.1, -0.05) is 44.5 Å². The zero-order valence-corrected chi connectivity index (χ0v) is 12.2. The van der Waals surface area contributed by atoms with Crippen LogP contribution in [0.15, 0.2) is 18.2 Å². The molecule has 1 N–H and O–H groups in total. The van der Waals surface area contributed by atoms with Gasteiger partial charge in [0.15, 0.2) is 0 Å². The van der Waals surface area contributed by atoms with Crippen molar-refractivity contribution in [3.63, 3.8) is 0 Å². The van der Waals surface area contributed by atoms with E-state index in [1.165, 1.54) is 6.07 Å². The molecular weight excluding hydrogens is 249 g/mol. The zero-order valence-electron chi connectivity index (χ0n) is 11.5. The molecule has 3 heteroatoms. The fourth-order valence-corrected chi connectivity index (χ4v) is 2.47. The Morgan fingerprint density at radius 2 is 2.06 bits per heavy atom. The first kappa shape index (κ1) is 15.5. The Hall–Kier alpha value is -0.600. The summed E-state index contributed by atoms with van der Waals surface area (Å²) >= 11 is 6.01. The van der Waals surface area contributed by atoms with E-state index < -0.39 is 0 Å². The van der Waals surface area contributed by atoms with E-state index in [0.29, 0.717) is 11.8 Å². The van der Waals surface area contributed by atoms with Crippen molar-refractivity contribution >= 4 is 11.6 Å². The van der Waals surface area contributed by atoms with Crippen molar-refractivity contribution in [1.82, 2.24) is 5.32 Å². The smallest absolute Gasteiger partial charge is 0.142 e. The highest BCUT2D eigenvalue weighted by molar-refractivity contribution is 6.31. The third-order valence-electron chi connectivity index (χ3n) is 3.03. The summed E-state index contributed by atoms with van der Waals surface area (Å²) in [7, 11) is 0. The molecule has 1 atom stereocenters. The third kappa shape index (κ3) is 4.95. The van der Waals surface area contributed by atoms with Crippen LogP contribution in [0.5, 0.6) is 0 Å². The van der Waals surface area contributed by atoms with Crippen LogP contribution in [0.4, 0.5) is 4.39 Å². The van der Waals surface area contributed by atoms with Gasteiger partial charge in [-0.2, -0.15) is 0 Å². The molecule has 18 heavy (non-hydrogen) atoms. The first-order chi connectivity index (χ1) is 8.54. The molecule has 0 aromatic heterocycles. The summed E-state index contributed by atoms with van der Waals surface area (Å²) in [6, 6.07) is 5.06. The van der Waals surface area contributed by atoms with Crippen molar-refractivity contribution in [1.29, 1.82) is 0 Å². The monoisotopic (exact) mass is 271 g/mol. The first-order valence-electron chi connectivity index (χ1n) is 6.68. The van der Waals surface area contributed by atoms with E-state index in [0.717, 1.165) is 31.5 Å². The van der Waals surface area contributed by atoms with Gasteiger partial charge in [0, 0.05) is 0 Å². The van der Waals surface area contributed by atoms with Crippen LogP contribution in [-0.2, 0) is 6.42 Å². The van der Waals surface area contributed by atoms with Gasteiger partial charge in [-0.25, -0.2) is 4.39 Å². The average Bonchev–Trinajstić information content (AvgIpc) is 2.31. The maximum atomic E-state index is 13.4. The number of benzene rings is 1. The molecule has 0 heterocycles. The molecule has 0 aliphatic rings. The summed E-state index contributed by atoms with van der Waals surface area (Å²) in [5.41, 5.74) is 0.917. The highest BCUT2D eigenvalue weighted by Gasteiger charge is 2.14. The molecule has 0 fully saturated rings. The van der Waals surface area contributed by atoms with Crippen molar-refractivity contribution < 1.29 is 4.39 Å². The Kier molecular flexibility index (Phi) is 6.66. The van der Waals surface area contributed by atoms with E-state index in [2.05, 4.69) is 26.1 Å². The van der Waals surface area contributed by atoms with Crippen molar-refractivity contribution in [2.75, 3.05) is 13.1 Å². The van der Waals surface area contributed by atoms with Gasteiger partial charge >= 0.3 is 0 Å². The maximum absolute atomic E-state index is 13.4. The molecule has 1 rings (SSSR count). The molecule has 0 radical (unpaired) electrons. The zero-order chi connectivity index (χ0) is 13.5. The first-order valence-corrected chi connectivity index (χ1v) is 7.06. The van der Waals surface area contributed by atoms with Crippen LogP contribution >= 0.6 is 11.6 Å². The van der Waals surface area contributed by atoms with Gasteiger partial charge in [0.1, 0.15) is 5.82 Å². The maximum Gasteiger partial charge on any atom is 0.142 e. The Labute approximate surface area is 115 Å². The number of hydrogen-bond acceptors (Lipinski definition) is 1. The van der Waals surface area contributed by atoms with Gasteiger partial charge in [-0.05, 0) is 49.4 Å². The molecule has 0 saturated carbocycles. The molecule has 0 aliphatic heterocycles. The summed E-state index contributed by atoms with van der Waals surface area (Å²) < 4.78 is 13.4. The quantitative estimate of drug-likeness (QED) is 0.780. The van der Waals surface area contributed by atoms with E-state index in [-0.39, 0.29) is 10.8 Å². The third-order valence-corrected chi connectivity index (χ3v) is 3.45. The van der Waals surface area contributed by atoms with Gasteiger partial charge in [0.05, 0.1) is 5.02 Å². The molecule has 0 amide bonds. The highest BCUT2D eigenvalue weighted by atomic mass is 35.5. The topological polar surface area (TPSA) is 12.0 Å². The van der Waals surface area contributed by atoms with Crippen molar-refractivity contribution in [2.45, 2.75) is 33.6 Å². The Bertz CT molecular complexity index is 366. The minimum Gasteiger partial charge on any atom is -0.317 e. The van der Waals surface area contributed by atoms with Crippen molar-refractivity contribution in [3.8, 4) is 0 Å². The van der Waals surface area contributed by atoms with Gasteiger partial charge < -0.3 is 5.32 Å². The Balaban J connectivity index is 2.72. The normalized spacial score (nSPS) is 13.0. The molecule has 1 unspecified atom stereocenters. The van der Waals surface area contributed by atoms with Gasteiger partial charge in [0.25, 0.3) is 0 Å². The van der Waals surface area contributed by atoms with Crippen LogP contribution in [0.3, 0.4) is 0 Å². The van der Waals surface area contributed by atoms with E-state index in [1.54, 1.807) is 6.07 Å². The second-order valence-electron chi connectivity index (χ2n) is 5.22. The second-order valence-corrected chi connectivity index (χ2v) is 5.60. The van der Waals surface area contributed by atoms with E-state index in [4.69, 9.17) is 11.6 Å². The summed E-state index contributed by atoms with van der Waals surface area (Å²) in [6.45, 7) is 8.45. The molecule has 0 saturated heterocycles. The molecule has 102 valence electrons. The van der Waals surface area contributed by atoms with Crippen LogP contribution in [-0.4, -0.2) is 13.1 Å². The minimum atomic E-state index is -0.319. The molecule has 0 aliphatic carbocycles. The summed E-state index contributed by atoms with van der Waals surface area (Å²) in [5, 5.41) is 3.65. The largest absolute Gasteiger partial charge is 0.317 e. The average molecular weight is 272 g/mol. The lowest BCUT2D eigenvalue weighted by molar-refractivity contribution is 0.388. The van der Waals surface area contributed by atoms with E-state index in [9.17, 15) is 4.39 Å². The van der Waals surface area contributed by atoms with Crippen LogP contribution in [0.2, 0.25) is 5.02 Å². The lowest BCUT2D eigenvalue weighted by Crippen LogP contribution is -2.25. The summed E-state index contributed by atoms with van der Waals surface area (Å²) in [4.78, 5) is 0. The second kappa shape index (κ2) is 7.75. The standard InChI is InChI=1S/C15H23ClFN/c1-4-18-10-12(8-11(2)3)9-13-6-5-7-14(17)15(13)16/h5-7,11-12,18H,4,8-10H2,1-3H3. The molecule has 1 nitrogen and oxygen atoms in total. The molecular formula is C15H23ClFN. The summed E-state index contributed by atoms with van der Waals surface area (Å²) in [6.07, 6.45) is 1.96.